The van der Waals surface area contributed by atoms with Crippen molar-refractivity contribution in [3.05, 3.63) is 48.0 Å². The predicted molar refractivity (Wildman–Crippen MR) is 113 cm³/mol. The molecule has 0 saturated carbocycles. The minimum Gasteiger partial charge on any atom is -0.870 e. The zero-order valence-electron chi connectivity index (χ0n) is 18.1. The molecule has 2 rings (SSSR count). The third-order valence-corrected chi connectivity index (χ3v) is 5.82. The summed E-state index contributed by atoms with van der Waals surface area (Å²) in [6.45, 7) is 2.22. The Morgan fingerprint density at radius 3 is 2.07 bits per heavy atom. The van der Waals surface area contributed by atoms with E-state index in [1.54, 1.807) is 24.3 Å². The summed E-state index contributed by atoms with van der Waals surface area (Å²) in [6, 6.07) is 10.7. The first-order chi connectivity index (χ1) is 13.9. The minimum absolute atomic E-state index is 0. The molecule has 1 N–H and O–H groups in total. The van der Waals surface area contributed by atoms with Crippen molar-refractivity contribution in [3.63, 3.8) is 0 Å². The van der Waals surface area contributed by atoms with Crippen LogP contribution < -0.4 is 61.2 Å². The summed E-state index contributed by atoms with van der Waals surface area (Å²) in [5, 5.41) is 11.9. The van der Waals surface area contributed by atoms with Crippen LogP contribution in [0.4, 0.5) is 0 Å². The second kappa shape index (κ2) is 14.6. The topological polar surface area (TPSA) is 86.7 Å². The number of aryl methyl sites for hydroxylation is 1. The maximum Gasteiger partial charge on any atom is 1.00 e. The molecule has 0 saturated heterocycles. The fraction of sp³-hybridized carbons (Fsp3) is 0.478. The van der Waals surface area contributed by atoms with Crippen LogP contribution in [0.15, 0.2) is 47.4 Å². The number of ether oxygens (including phenoxy) is 1. The number of hydrogen-bond acceptors (Lipinski definition) is 4. The van der Waals surface area contributed by atoms with E-state index in [9.17, 15) is 18.1 Å². The van der Waals surface area contributed by atoms with Gasteiger partial charge in [-0.3, -0.25) is 4.55 Å². The molecular weight excluding hydrogens is 427 g/mol. The summed E-state index contributed by atoms with van der Waals surface area (Å²) < 4.78 is 38.3. The van der Waals surface area contributed by atoms with Crippen LogP contribution in [0.3, 0.4) is 0 Å². The second-order valence-electron chi connectivity index (χ2n) is 7.38. The van der Waals surface area contributed by atoms with Crippen molar-refractivity contribution >= 4 is 10.1 Å². The first kappa shape index (κ1) is 27.6. The van der Waals surface area contributed by atoms with Gasteiger partial charge in [0.15, 0.2) is 0 Å². The predicted octanol–water partition coefficient (Wildman–Crippen LogP) is 2.88. The molecule has 0 aromatic heterocycles. The molecule has 0 fully saturated rings. The van der Waals surface area contributed by atoms with Crippen LogP contribution in [-0.2, 0) is 16.5 Å². The van der Waals surface area contributed by atoms with Crippen LogP contribution in [-0.4, -0.2) is 13.0 Å². The molecule has 0 atom stereocenters. The maximum atomic E-state index is 11.9. The third-order valence-electron chi connectivity index (χ3n) is 4.92. The molecule has 0 aliphatic carbocycles. The fourth-order valence-electron chi connectivity index (χ4n) is 3.29. The van der Waals surface area contributed by atoms with E-state index in [1.807, 2.05) is 0 Å². The number of unbranched alkanes of at least 4 members (excludes halogenated alkanes) is 8. The molecule has 30 heavy (non-hydrogen) atoms. The van der Waals surface area contributed by atoms with Crippen molar-refractivity contribution in [1.29, 1.82) is 0 Å². The molecule has 2 aromatic rings. The number of rotatable bonds is 13. The van der Waals surface area contributed by atoms with Crippen molar-refractivity contribution in [2.24, 2.45) is 0 Å². The van der Waals surface area contributed by atoms with Gasteiger partial charge in [0.05, 0.1) is 0 Å². The fourth-order valence-corrected chi connectivity index (χ4v) is 3.89. The second-order valence-corrected chi connectivity index (χ2v) is 8.77. The summed E-state index contributed by atoms with van der Waals surface area (Å²) in [6.07, 6.45) is 11.9. The van der Waals surface area contributed by atoms with Gasteiger partial charge in [-0.15, -0.1) is 0 Å². The van der Waals surface area contributed by atoms with Crippen molar-refractivity contribution < 1.29 is 74.2 Å². The summed E-state index contributed by atoms with van der Waals surface area (Å²) >= 11 is 0. The molecule has 0 unspecified atom stereocenters. The Kier molecular flexibility index (Phi) is 13.5. The van der Waals surface area contributed by atoms with E-state index in [0.29, 0.717) is 0 Å². The van der Waals surface area contributed by atoms with E-state index in [0.717, 1.165) is 24.8 Å². The van der Waals surface area contributed by atoms with E-state index in [2.05, 4.69) is 6.92 Å². The SMILES string of the molecule is CCCCCCCCCCCc1ccc(S(=O)(=O)O)c(Oc2ccccc2[O-])c1.[K+]. The Morgan fingerprint density at radius 1 is 0.867 bits per heavy atom. The molecule has 0 amide bonds. The minimum atomic E-state index is -4.45. The van der Waals surface area contributed by atoms with Crippen LogP contribution in [0.25, 0.3) is 0 Å². The summed E-state index contributed by atoms with van der Waals surface area (Å²) in [7, 11) is -4.45. The summed E-state index contributed by atoms with van der Waals surface area (Å²) in [5.41, 5.74) is 0.915. The van der Waals surface area contributed by atoms with Crippen LogP contribution in [0, 0.1) is 0 Å². The zero-order valence-corrected chi connectivity index (χ0v) is 22.0. The molecule has 0 aliphatic heterocycles. The quantitative estimate of drug-likeness (QED) is 0.283. The maximum absolute atomic E-state index is 11.9. The Labute approximate surface area is 223 Å². The van der Waals surface area contributed by atoms with Gasteiger partial charge in [0.1, 0.15) is 16.4 Å². The number of benzene rings is 2. The standard InChI is InChI=1S/C23H32O5S.K/c1-2-3-4-5-6-7-8-9-10-13-19-16-17-23(29(25,26)27)22(18-19)28-21-15-12-11-14-20(21)24;/h11-12,14-18,24H,2-10,13H2,1H3,(H,25,26,27);/q;+1/p-1. The van der Waals surface area contributed by atoms with Crippen molar-refractivity contribution in [2.45, 2.75) is 76.0 Å². The van der Waals surface area contributed by atoms with E-state index < -0.39 is 10.1 Å². The Hall–Kier alpha value is -0.414. The molecule has 0 aliphatic rings. The molecular formula is C23H31KO5S. The van der Waals surface area contributed by atoms with Crippen molar-refractivity contribution in [1.82, 2.24) is 0 Å². The molecule has 0 spiro atoms. The van der Waals surface area contributed by atoms with Gasteiger partial charge in [-0.05, 0) is 36.6 Å². The third kappa shape index (κ3) is 9.81. The largest absolute Gasteiger partial charge is 1.00 e. The first-order valence-corrected chi connectivity index (χ1v) is 11.9. The Bertz CT molecular complexity index is 868. The number of hydrogen-bond donors (Lipinski definition) is 1. The van der Waals surface area contributed by atoms with Crippen molar-refractivity contribution in [3.8, 4) is 17.2 Å². The van der Waals surface area contributed by atoms with Crippen LogP contribution >= 0.6 is 0 Å². The average Bonchev–Trinajstić information content (AvgIpc) is 2.68. The molecule has 0 radical (unpaired) electrons. The monoisotopic (exact) mass is 458 g/mol. The van der Waals surface area contributed by atoms with Gasteiger partial charge in [0.25, 0.3) is 10.1 Å². The van der Waals surface area contributed by atoms with Crippen LogP contribution in [0.2, 0.25) is 0 Å². The molecule has 7 heteroatoms. The van der Waals surface area contributed by atoms with Gasteiger partial charge in [-0.25, -0.2) is 0 Å². The van der Waals surface area contributed by atoms with E-state index in [1.165, 1.54) is 63.1 Å². The first-order valence-electron chi connectivity index (χ1n) is 10.5. The molecule has 5 nitrogen and oxygen atoms in total. The smallest absolute Gasteiger partial charge is 0.870 e. The molecule has 0 heterocycles. The average molecular weight is 459 g/mol. The normalized spacial score (nSPS) is 11.1. The van der Waals surface area contributed by atoms with Gasteiger partial charge in [-0.2, -0.15) is 8.42 Å². The molecule has 0 bridgehead atoms. The van der Waals surface area contributed by atoms with Gasteiger partial charge in [0.2, 0.25) is 0 Å². The molecule has 2 aromatic carbocycles. The number of para-hydroxylation sites is 2. The van der Waals surface area contributed by atoms with Gasteiger partial charge in [0, 0.05) is 0 Å². The van der Waals surface area contributed by atoms with Crippen LogP contribution in [0.1, 0.15) is 70.3 Å². The molecule has 160 valence electrons. The van der Waals surface area contributed by atoms with Crippen molar-refractivity contribution in [2.75, 3.05) is 0 Å². The van der Waals surface area contributed by atoms with Gasteiger partial charge < -0.3 is 9.84 Å². The summed E-state index contributed by atoms with van der Waals surface area (Å²) in [4.78, 5) is -0.336. The zero-order chi connectivity index (χ0) is 21.1. The Balaban J connectivity index is 0.00000450. The van der Waals surface area contributed by atoms with E-state index in [4.69, 9.17) is 4.74 Å². The Morgan fingerprint density at radius 2 is 1.47 bits per heavy atom. The van der Waals surface area contributed by atoms with Gasteiger partial charge in [-0.1, -0.05) is 88.3 Å². The van der Waals surface area contributed by atoms with E-state index in [-0.39, 0.29) is 73.5 Å². The van der Waals surface area contributed by atoms with Gasteiger partial charge >= 0.3 is 51.4 Å². The summed E-state index contributed by atoms with van der Waals surface area (Å²) in [5.74, 6) is -0.347. The van der Waals surface area contributed by atoms with Crippen LogP contribution in [0.5, 0.6) is 17.2 Å². The van der Waals surface area contributed by atoms with E-state index >= 15 is 0 Å².